The molecule has 0 aliphatic carbocycles. The van der Waals surface area contributed by atoms with Gasteiger partial charge in [0.25, 0.3) is 5.91 Å². The van der Waals surface area contributed by atoms with Gasteiger partial charge in [-0.05, 0) is 29.7 Å². The van der Waals surface area contributed by atoms with Crippen molar-refractivity contribution in [1.29, 1.82) is 0 Å². The minimum Gasteiger partial charge on any atom is -0.489 e. The maximum atomic E-state index is 13.2. The Morgan fingerprint density at radius 2 is 1.85 bits per heavy atom. The van der Waals surface area contributed by atoms with E-state index in [0.717, 1.165) is 4.90 Å². The van der Waals surface area contributed by atoms with Crippen LogP contribution in [0.3, 0.4) is 0 Å². The Morgan fingerprint density at radius 1 is 1.09 bits per heavy atom. The molecule has 0 bridgehead atoms. The molecule has 3 heterocycles. The highest BCUT2D eigenvalue weighted by molar-refractivity contribution is 6.05. The summed E-state index contributed by atoms with van der Waals surface area (Å²) in [4.78, 5) is 39.7. The minimum atomic E-state index is -2.51. The van der Waals surface area contributed by atoms with Gasteiger partial charge in [-0.15, -0.1) is 0 Å². The lowest BCUT2D eigenvalue weighted by Crippen LogP contribution is -2.52. The van der Waals surface area contributed by atoms with E-state index in [2.05, 4.69) is 5.32 Å². The summed E-state index contributed by atoms with van der Waals surface area (Å²) in [5.41, 5.74) is 0.135. The van der Waals surface area contributed by atoms with Crippen molar-refractivity contribution in [3.8, 4) is 5.75 Å². The second kappa shape index (κ2) is 9.33. The molecule has 0 aromatic heterocycles. The van der Waals surface area contributed by atoms with Gasteiger partial charge in [-0.2, -0.15) is 0 Å². The quantitative estimate of drug-likeness (QED) is 0.669. The van der Waals surface area contributed by atoms with Crippen molar-refractivity contribution in [3.05, 3.63) is 64.7 Å². The lowest BCUT2D eigenvalue weighted by molar-refractivity contribution is -0.136. The summed E-state index contributed by atoms with van der Waals surface area (Å²) >= 11 is 0. The summed E-state index contributed by atoms with van der Waals surface area (Å²) < 4.78 is 62.6. The molecule has 8 nitrogen and oxygen atoms in total. The molecule has 3 amide bonds. The molecule has 2 saturated heterocycles. The van der Waals surface area contributed by atoms with E-state index in [0.29, 0.717) is 31.9 Å². The molecule has 0 saturated carbocycles. The molecule has 3 aliphatic rings. The highest BCUT2D eigenvalue weighted by Crippen LogP contribution is 2.34. The monoisotopic (exact) mass is 455 g/mol. The van der Waals surface area contributed by atoms with Crippen LogP contribution in [0.5, 0.6) is 5.75 Å². The Labute approximate surface area is 200 Å². The van der Waals surface area contributed by atoms with E-state index in [1.807, 2.05) is 0 Å². The number of imide groups is 1. The minimum absolute atomic E-state index is 0.0365. The molecule has 5 rings (SSSR count). The Morgan fingerprint density at radius 3 is 2.61 bits per heavy atom. The number of fused-ring (bicyclic) bond motifs is 1. The molecule has 8 heteroatoms. The standard InChI is InChI=1S/C25H27N3O5/c29-23-9-8-21(24(30)26-23)28-15-20-19(25(28)31)2-1-3-22(20)33-16-18-6-4-17(5-7-18)14-27-10-12-32-13-11-27/h1-7,21H,8-16H2,(H,26,29,30)/i14D2,15D2,16D2. The topological polar surface area (TPSA) is 88.2 Å². The predicted octanol–water partition coefficient (Wildman–Crippen LogP) is 1.86. The van der Waals surface area contributed by atoms with E-state index in [-0.39, 0.29) is 35.3 Å². The number of carbonyl (C=O) groups is 3. The fraction of sp³-hybridized carbons (Fsp3) is 0.400. The average Bonchev–Trinajstić information content (AvgIpc) is 3.10. The van der Waals surface area contributed by atoms with Gasteiger partial charge in [-0.25, -0.2) is 0 Å². The van der Waals surface area contributed by atoms with Gasteiger partial charge in [0, 0.05) is 39.9 Å². The highest BCUT2D eigenvalue weighted by Gasteiger charge is 2.40. The first-order chi connectivity index (χ1) is 18.3. The summed E-state index contributed by atoms with van der Waals surface area (Å²) in [5, 5.41) is 2.14. The van der Waals surface area contributed by atoms with Crippen molar-refractivity contribution in [1.82, 2.24) is 15.1 Å². The van der Waals surface area contributed by atoms with E-state index in [4.69, 9.17) is 17.7 Å². The Hall–Kier alpha value is -3.23. The van der Waals surface area contributed by atoms with Crippen LogP contribution in [0, 0.1) is 0 Å². The number of hydrogen-bond donors (Lipinski definition) is 1. The van der Waals surface area contributed by atoms with Gasteiger partial charge < -0.3 is 14.4 Å². The number of nitrogens with one attached hydrogen (secondary N) is 1. The second-order valence-corrected chi connectivity index (χ2v) is 7.93. The van der Waals surface area contributed by atoms with Crippen molar-refractivity contribution >= 4 is 17.7 Å². The van der Waals surface area contributed by atoms with Crippen LogP contribution in [0.25, 0.3) is 0 Å². The molecule has 33 heavy (non-hydrogen) atoms. The van der Waals surface area contributed by atoms with Gasteiger partial charge in [-0.3, -0.25) is 24.6 Å². The third kappa shape index (κ3) is 4.62. The number of rotatable bonds is 6. The molecule has 1 atom stereocenters. The third-order valence-electron chi connectivity index (χ3n) is 5.69. The fourth-order valence-corrected chi connectivity index (χ4v) is 3.94. The molecule has 0 radical (unpaired) electrons. The first-order valence-corrected chi connectivity index (χ1v) is 10.8. The number of piperidine rings is 1. The molecule has 2 fully saturated rings. The first kappa shape index (κ1) is 15.6. The summed E-state index contributed by atoms with van der Waals surface area (Å²) in [6.07, 6.45) is -0.0802. The van der Waals surface area contributed by atoms with Crippen LogP contribution in [0.2, 0.25) is 0 Å². The zero-order valence-corrected chi connectivity index (χ0v) is 17.8. The van der Waals surface area contributed by atoms with Crippen LogP contribution in [-0.2, 0) is 33.9 Å². The Kier molecular flexibility index (Phi) is 4.40. The smallest absolute Gasteiger partial charge is 0.255 e. The highest BCUT2D eigenvalue weighted by atomic mass is 16.5. The number of hydrogen-bond acceptors (Lipinski definition) is 6. The van der Waals surface area contributed by atoms with Crippen molar-refractivity contribution in [2.75, 3.05) is 26.3 Å². The van der Waals surface area contributed by atoms with Gasteiger partial charge in [0.15, 0.2) is 0 Å². The van der Waals surface area contributed by atoms with Crippen LogP contribution in [-0.4, -0.2) is 59.9 Å². The molecular formula is C25H27N3O5. The Bertz CT molecular complexity index is 1310. The molecule has 0 spiro atoms. The molecule has 172 valence electrons. The van der Waals surface area contributed by atoms with Crippen LogP contribution >= 0.6 is 0 Å². The maximum absolute atomic E-state index is 13.2. The van der Waals surface area contributed by atoms with Gasteiger partial charge >= 0.3 is 0 Å². The second-order valence-electron chi connectivity index (χ2n) is 7.93. The summed E-state index contributed by atoms with van der Waals surface area (Å²) in [6.45, 7) is -5.08. The number of amides is 3. The van der Waals surface area contributed by atoms with Crippen molar-refractivity contribution in [2.24, 2.45) is 0 Å². The molecule has 2 aromatic rings. The van der Waals surface area contributed by atoms with Gasteiger partial charge in [0.2, 0.25) is 11.8 Å². The van der Waals surface area contributed by atoms with Gasteiger partial charge in [0.05, 0.1) is 25.2 Å². The molecule has 1 N–H and O–H groups in total. The zero-order chi connectivity index (χ0) is 28.2. The van der Waals surface area contributed by atoms with E-state index in [1.54, 1.807) is 4.90 Å². The first-order valence-electron chi connectivity index (χ1n) is 13.8. The number of ether oxygens (including phenoxy) is 2. The van der Waals surface area contributed by atoms with E-state index in [9.17, 15) is 14.4 Å². The Balaban J connectivity index is 1.41. The maximum Gasteiger partial charge on any atom is 0.255 e. The number of nitrogens with zero attached hydrogens (tertiary/aromatic N) is 2. The molecular weight excluding hydrogens is 422 g/mol. The summed E-state index contributed by atoms with van der Waals surface area (Å²) in [6, 6.07) is 8.73. The zero-order valence-electron chi connectivity index (χ0n) is 23.8. The average molecular weight is 456 g/mol. The largest absolute Gasteiger partial charge is 0.489 e. The number of benzene rings is 2. The molecule has 1 unspecified atom stereocenters. The summed E-state index contributed by atoms with van der Waals surface area (Å²) in [7, 11) is 0. The SMILES string of the molecule is [2H]C([2H])(Oc1cccc2c1C([2H])([2H])N(C1CCC(=O)NC1=O)C2=O)c1ccc(C([2H])([2H])N2CCOCC2)cc1. The van der Waals surface area contributed by atoms with Crippen molar-refractivity contribution in [3.63, 3.8) is 0 Å². The van der Waals surface area contributed by atoms with Crippen LogP contribution in [0.15, 0.2) is 42.5 Å². The number of carbonyl (C=O) groups excluding carboxylic acids is 3. The molecule has 2 aromatic carbocycles. The fourth-order valence-electron chi connectivity index (χ4n) is 3.94. The van der Waals surface area contributed by atoms with Gasteiger partial charge in [0.1, 0.15) is 18.4 Å². The van der Waals surface area contributed by atoms with E-state index in [1.165, 1.54) is 42.5 Å². The molecule has 3 aliphatic heterocycles. The lowest BCUT2D eigenvalue weighted by atomic mass is 10.0. The van der Waals surface area contributed by atoms with Gasteiger partial charge in [-0.1, -0.05) is 30.3 Å². The normalized spacial score (nSPS) is 26.2. The van der Waals surface area contributed by atoms with Crippen molar-refractivity contribution in [2.45, 2.75) is 38.4 Å². The number of morpholine rings is 1. The van der Waals surface area contributed by atoms with Crippen LogP contribution < -0.4 is 10.1 Å². The van der Waals surface area contributed by atoms with Crippen LogP contribution in [0.1, 0.15) is 48.1 Å². The van der Waals surface area contributed by atoms with E-state index >= 15 is 0 Å². The third-order valence-corrected chi connectivity index (χ3v) is 5.69. The summed E-state index contributed by atoms with van der Waals surface area (Å²) in [5.74, 6) is -2.24. The predicted molar refractivity (Wildman–Crippen MR) is 119 cm³/mol. The van der Waals surface area contributed by atoms with E-state index < -0.39 is 43.3 Å². The lowest BCUT2D eigenvalue weighted by Gasteiger charge is -2.29. The van der Waals surface area contributed by atoms with Crippen LogP contribution in [0.4, 0.5) is 0 Å². The van der Waals surface area contributed by atoms with Crippen molar-refractivity contribution < 1.29 is 32.1 Å².